The smallest absolute Gasteiger partial charge is 0.215 e. The van der Waals surface area contributed by atoms with E-state index in [4.69, 9.17) is 32.7 Å². The molecule has 0 unspecified atom stereocenters. The molecule has 10 N–H and O–H groups in total. The number of benzene rings is 3. The van der Waals surface area contributed by atoms with Crippen LogP contribution < -0.4 is 31.2 Å². The number of nitrogen functional groups attached to an aromatic ring is 1. The summed E-state index contributed by atoms with van der Waals surface area (Å²) in [6.07, 6.45) is 7.38. The van der Waals surface area contributed by atoms with Gasteiger partial charge in [0.25, 0.3) is 0 Å². The van der Waals surface area contributed by atoms with E-state index in [1.54, 1.807) is 38.5 Å². The third kappa shape index (κ3) is 20.2. The Bertz CT molecular complexity index is 2370. The first kappa shape index (κ1) is 56.4. The van der Waals surface area contributed by atoms with Crippen molar-refractivity contribution < 1.29 is 34.7 Å². The first-order chi connectivity index (χ1) is 28.9. The van der Waals surface area contributed by atoms with Gasteiger partial charge in [-0.25, -0.2) is 39.4 Å². The average molecular weight is 947 g/mol. The summed E-state index contributed by atoms with van der Waals surface area (Å²) in [5.74, 6) is 5.83. The lowest BCUT2D eigenvalue weighted by atomic mass is 10.1. The van der Waals surface area contributed by atoms with Crippen LogP contribution in [0.3, 0.4) is 0 Å². The topological polar surface area (TPSA) is 256 Å². The molecule has 0 saturated heterocycles. The van der Waals surface area contributed by atoms with Crippen LogP contribution in [0, 0.1) is 0 Å². The predicted molar refractivity (Wildman–Crippen MR) is 255 cm³/mol. The third-order valence-corrected chi connectivity index (χ3v) is 13.4. The van der Waals surface area contributed by atoms with Gasteiger partial charge < -0.3 is 35.5 Å². The molecule has 5 aromatic rings. The Morgan fingerprint density at radius 3 is 1.48 bits per heavy atom. The Morgan fingerprint density at radius 1 is 0.694 bits per heavy atom. The number of nitrogens with two attached hydrogens (primary N) is 2. The Labute approximate surface area is 374 Å². The number of nitrogens with one attached hydrogen (secondary N) is 6. The third-order valence-electron chi connectivity index (χ3n) is 9.13. The minimum Gasteiger partial charge on any atom is -0.361 e. The van der Waals surface area contributed by atoms with Crippen molar-refractivity contribution in [1.29, 1.82) is 0 Å². The highest BCUT2D eigenvalue weighted by Crippen LogP contribution is 2.23. The summed E-state index contributed by atoms with van der Waals surface area (Å²) in [6, 6.07) is 18.3. The summed E-state index contributed by atoms with van der Waals surface area (Å²) in [7, 11) is 1.93. The molecule has 0 bridgehead atoms. The number of anilines is 1. The monoisotopic (exact) mass is 945 g/mol. The van der Waals surface area contributed by atoms with Gasteiger partial charge in [0.2, 0.25) is 30.1 Å². The number of hydrogen-bond acceptors (Lipinski definition) is 12. The highest BCUT2D eigenvalue weighted by atomic mass is 35.5. The molecule has 0 spiro atoms. The van der Waals surface area contributed by atoms with E-state index < -0.39 is 30.1 Å². The molecule has 0 atom stereocenters. The number of sulfonamides is 3. The van der Waals surface area contributed by atoms with Gasteiger partial charge in [0.15, 0.2) is 6.29 Å². The number of aromatic nitrogens is 2. The number of likely N-dealkylation sites (N-methyl/N-ethyl adjacent to an activating group) is 1. The summed E-state index contributed by atoms with van der Waals surface area (Å²) in [5.41, 5.74) is 15.5. The summed E-state index contributed by atoms with van der Waals surface area (Å²) in [4.78, 5) is 8.52. The molecule has 0 fully saturated rings. The van der Waals surface area contributed by atoms with Gasteiger partial charge in [-0.1, -0.05) is 31.7 Å². The summed E-state index contributed by atoms with van der Waals surface area (Å²) in [5, 5.41) is 2.15. The fourth-order valence-corrected chi connectivity index (χ4v) is 8.15. The van der Waals surface area contributed by atoms with E-state index in [0.29, 0.717) is 12.4 Å². The average Bonchev–Trinajstić information content (AvgIpc) is 3.84. The van der Waals surface area contributed by atoms with Crippen molar-refractivity contribution in [2.24, 2.45) is 11.6 Å². The van der Waals surface area contributed by atoms with Crippen LogP contribution in [-0.4, -0.2) is 115 Å². The molecular weight excluding hydrogens is 878 g/mol. The number of alkyl halides is 1. The minimum absolute atomic E-state index is 0. The SMILES string of the molecule is C.CNS(=O)(=O)Cc1ccc(NN)cc1.CNS(=O)(=O)Cc1ccc2[nH]cc(CCN(C)C)c2c1.CNS(=O)(=O)Cc1ccc2[nH]cc(CCN)c2c1.COC(CCCCl)OC. The zero-order valence-electron chi connectivity index (χ0n) is 36.0. The van der Waals surface area contributed by atoms with Crippen LogP contribution in [0.15, 0.2) is 73.1 Å². The number of halogens is 1. The summed E-state index contributed by atoms with van der Waals surface area (Å²) < 4.78 is 85.4. The molecule has 0 aliphatic rings. The van der Waals surface area contributed by atoms with Gasteiger partial charge in [-0.3, -0.25) is 5.84 Å². The Kier molecular flexibility index (Phi) is 25.7. The van der Waals surface area contributed by atoms with Gasteiger partial charge in [-0.2, -0.15) is 0 Å². The Hall–Kier alpha value is -3.64. The molecule has 2 aromatic heterocycles. The first-order valence-corrected chi connectivity index (χ1v) is 24.8. The molecule has 62 heavy (non-hydrogen) atoms. The fourth-order valence-electron chi connectivity index (χ4n) is 5.69. The number of H-pyrrole nitrogens is 2. The number of hydrazine groups is 1. The maximum atomic E-state index is 11.6. The lowest BCUT2D eigenvalue weighted by Crippen LogP contribution is -2.20. The molecule has 0 amide bonds. The van der Waals surface area contributed by atoms with Gasteiger partial charge in [0.05, 0.1) is 17.3 Å². The van der Waals surface area contributed by atoms with Crippen molar-refractivity contribution in [3.8, 4) is 0 Å². The molecule has 2 heterocycles. The second kappa shape index (κ2) is 28.2. The number of aromatic amines is 2. The highest BCUT2D eigenvalue weighted by Gasteiger charge is 2.13. The number of nitrogens with zero attached hydrogens (tertiary/aromatic N) is 1. The van der Waals surface area contributed by atoms with E-state index >= 15 is 0 Å². The molecule has 21 heteroatoms. The fraction of sp³-hybridized carbons (Fsp3) is 0.463. The van der Waals surface area contributed by atoms with Crippen molar-refractivity contribution in [2.45, 2.75) is 56.7 Å². The molecule has 3 aromatic carbocycles. The second-order valence-electron chi connectivity index (χ2n) is 13.9. The number of methoxy groups -OCH3 is 2. The largest absolute Gasteiger partial charge is 0.361 e. The standard InChI is InChI=1S/C14H21N3O2S.C12H17N3O2S.C8H13N3O2S.C6H13ClO2.CH4/c1-15-20(18,19)10-11-4-5-14-13(8-11)12(9-16-14)6-7-17(2)3;1-14-18(16,17)8-9-2-3-12-11(6-9)10(4-5-13)7-15-12;1-10-14(12,13)6-7-2-4-8(11-9)5-3-7;1-8-6(9-2)4-3-5-7;/h4-5,8-9,15-16H,6-7,10H2,1-3H3;2-3,6-7,14-15H,4-5,8,13H2,1H3;2-5,10-11H,6,9H2,1H3;6H,3-5H2,1-2H3;1H4. The van der Waals surface area contributed by atoms with Gasteiger partial charge in [0, 0.05) is 66.5 Å². The highest BCUT2D eigenvalue weighted by molar-refractivity contribution is 7.89. The van der Waals surface area contributed by atoms with Crippen LogP contribution in [0.2, 0.25) is 0 Å². The predicted octanol–water partition coefficient (Wildman–Crippen LogP) is 4.32. The number of fused-ring (bicyclic) bond motifs is 2. The van der Waals surface area contributed by atoms with Gasteiger partial charge >= 0.3 is 0 Å². The number of rotatable bonds is 20. The number of ether oxygens (including phenoxy) is 2. The van der Waals surface area contributed by atoms with Crippen molar-refractivity contribution in [3.63, 3.8) is 0 Å². The van der Waals surface area contributed by atoms with E-state index in [9.17, 15) is 25.3 Å². The molecule has 5 rings (SSSR count). The minimum atomic E-state index is -3.23. The molecule has 0 aliphatic carbocycles. The molecule has 0 aliphatic heterocycles. The molecule has 0 radical (unpaired) electrons. The molecule has 350 valence electrons. The summed E-state index contributed by atoms with van der Waals surface area (Å²) in [6.45, 7) is 1.54. The van der Waals surface area contributed by atoms with E-state index in [1.807, 2.05) is 62.9 Å². The van der Waals surface area contributed by atoms with Crippen LogP contribution in [-0.2, 0) is 69.6 Å². The normalized spacial score (nSPS) is 11.6. The first-order valence-electron chi connectivity index (χ1n) is 19.3. The molecular formula is C41H68ClN9O8S3. The maximum Gasteiger partial charge on any atom is 0.215 e. The number of hydrogen-bond donors (Lipinski definition) is 8. The quantitative estimate of drug-likeness (QED) is 0.0235. The lowest BCUT2D eigenvalue weighted by Gasteiger charge is -2.11. The van der Waals surface area contributed by atoms with Gasteiger partial charge in [-0.15, -0.1) is 11.6 Å². The lowest BCUT2D eigenvalue weighted by molar-refractivity contribution is -0.106. The Balaban J connectivity index is 0.000000426. The zero-order chi connectivity index (χ0) is 45.6. The van der Waals surface area contributed by atoms with E-state index in [1.165, 1.54) is 26.7 Å². The van der Waals surface area contributed by atoms with E-state index in [2.05, 4.69) is 34.5 Å². The van der Waals surface area contributed by atoms with Crippen LogP contribution >= 0.6 is 11.6 Å². The van der Waals surface area contributed by atoms with Crippen molar-refractivity contribution in [1.82, 2.24) is 29.0 Å². The van der Waals surface area contributed by atoms with Crippen LogP contribution in [0.4, 0.5) is 5.69 Å². The van der Waals surface area contributed by atoms with Crippen LogP contribution in [0.5, 0.6) is 0 Å². The van der Waals surface area contributed by atoms with Crippen molar-refractivity contribution in [2.75, 3.05) is 73.9 Å². The molecule has 0 saturated carbocycles. The van der Waals surface area contributed by atoms with Gasteiger partial charge in [-0.05, 0) is 132 Å². The van der Waals surface area contributed by atoms with Crippen LogP contribution in [0.25, 0.3) is 21.8 Å². The maximum absolute atomic E-state index is 11.6. The molecule has 17 nitrogen and oxygen atoms in total. The van der Waals surface area contributed by atoms with E-state index in [-0.39, 0.29) is 31.0 Å². The zero-order valence-corrected chi connectivity index (χ0v) is 39.3. The summed E-state index contributed by atoms with van der Waals surface area (Å²) >= 11 is 5.45. The second-order valence-corrected chi connectivity index (χ2v) is 20.1. The van der Waals surface area contributed by atoms with Gasteiger partial charge in [0.1, 0.15) is 0 Å². The van der Waals surface area contributed by atoms with Crippen LogP contribution in [0.1, 0.15) is 48.1 Å². The van der Waals surface area contributed by atoms with E-state index in [0.717, 1.165) is 82.0 Å². The van der Waals surface area contributed by atoms with Crippen molar-refractivity contribution >= 4 is 69.2 Å². The Morgan fingerprint density at radius 2 is 1.11 bits per heavy atom. The van der Waals surface area contributed by atoms with Crippen molar-refractivity contribution in [3.05, 3.63) is 101 Å².